The van der Waals surface area contributed by atoms with Crippen LogP contribution in [0.2, 0.25) is 0 Å². The van der Waals surface area contributed by atoms with Crippen LogP contribution in [0, 0.1) is 13.8 Å². The van der Waals surface area contributed by atoms with E-state index in [9.17, 15) is 35.1 Å². The van der Waals surface area contributed by atoms with Crippen molar-refractivity contribution in [1.82, 2.24) is 29.1 Å². The summed E-state index contributed by atoms with van der Waals surface area (Å²) in [5.41, 5.74) is 12.2. The molecule has 0 bridgehead atoms. The SMILES string of the molecule is Cc1nc(N)c2c(C(=O)O)cn([C@@H]3O[C@H](CO)[C@@H](O)[C@H]3O)c2n1.Cc1nc(N)c2c(C=O)cn([C@@H]3O[C@H](CO)[C@@H](O)[C@H]3O)c2n1. The van der Waals surface area contributed by atoms with Crippen LogP contribution < -0.4 is 11.5 Å². The molecule has 19 heteroatoms. The summed E-state index contributed by atoms with van der Waals surface area (Å²) in [5.74, 6) is -0.378. The third kappa shape index (κ3) is 5.44. The number of aromatic carboxylic acids is 1. The van der Waals surface area contributed by atoms with Crippen molar-refractivity contribution < 1.29 is 54.8 Å². The Balaban J connectivity index is 0.000000178. The van der Waals surface area contributed by atoms with Crippen LogP contribution in [0.4, 0.5) is 11.6 Å². The van der Waals surface area contributed by atoms with Crippen LogP contribution in [-0.2, 0) is 9.47 Å². The number of anilines is 2. The van der Waals surface area contributed by atoms with Crippen molar-refractivity contribution in [3.8, 4) is 0 Å². The molecule has 11 N–H and O–H groups in total. The van der Waals surface area contributed by atoms with Gasteiger partial charge in [-0.15, -0.1) is 0 Å². The number of aldehydes is 1. The van der Waals surface area contributed by atoms with Gasteiger partial charge in [0.1, 0.15) is 71.2 Å². The number of aliphatic hydroxyl groups excluding tert-OH is 6. The van der Waals surface area contributed by atoms with E-state index in [1.807, 2.05) is 0 Å². The first kappa shape index (κ1) is 32.1. The Bertz CT molecular complexity index is 1760. The lowest BCUT2D eigenvalue weighted by Gasteiger charge is -2.17. The van der Waals surface area contributed by atoms with Gasteiger partial charge in [0.15, 0.2) is 18.7 Å². The van der Waals surface area contributed by atoms with Crippen molar-refractivity contribution in [2.75, 3.05) is 24.7 Å². The number of aliphatic hydroxyl groups is 6. The number of nitrogen functional groups attached to an aromatic ring is 2. The summed E-state index contributed by atoms with van der Waals surface area (Å²) in [6.45, 7) is 2.30. The van der Waals surface area contributed by atoms with E-state index < -0.39 is 68.3 Å². The fraction of sp³-hybridized carbons (Fsp3) is 0.462. The van der Waals surface area contributed by atoms with Gasteiger partial charge in [-0.3, -0.25) is 4.79 Å². The average Bonchev–Trinajstić information content (AvgIpc) is 3.71. The number of carbonyl (C=O) groups is 2. The molecule has 0 aliphatic carbocycles. The number of ether oxygens (including phenoxy) is 2. The lowest BCUT2D eigenvalue weighted by atomic mass is 10.1. The minimum atomic E-state index is -1.36. The Morgan fingerprint density at radius 1 is 0.800 bits per heavy atom. The van der Waals surface area contributed by atoms with Crippen LogP contribution in [0.3, 0.4) is 0 Å². The van der Waals surface area contributed by atoms with Gasteiger partial charge in [0.05, 0.1) is 29.5 Å². The lowest BCUT2D eigenvalue weighted by molar-refractivity contribution is -0.0509. The number of carboxylic acid groups (broad SMARTS) is 1. The van der Waals surface area contributed by atoms with E-state index in [0.29, 0.717) is 29.0 Å². The number of aromatic nitrogens is 6. The van der Waals surface area contributed by atoms with Crippen LogP contribution >= 0.6 is 0 Å². The summed E-state index contributed by atoms with van der Waals surface area (Å²) in [7, 11) is 0. The van der Waals surface area contributed by atoms with E-state index in [-0.39, 0.29) is 33.8 Å². The van der Waals surface area contributed by atoms with Crippen molar-refractivity contribution in [3.05, 3.63) is 35.2 Å². The second-order valence-corrected chi connectivity index (χ2v) is 10.5. The standard InChI is InChI=1S/C13H16N4O6.C13H16N4O5/c1-4-15-10(14)7-5(13(21)22)2-17(11(7)16-4)12-9(20)8(19)6(3-18)23-12;1-5-15-11(14)8-6(3-18)2-17(12(8)16-5)13-10(21)9(20)7(4-19)22-13/h2,6,8-9,12,18-20H,3H2,1H3,(H,21,22)(H2,14,15,16);2-3,7,9-10,13,19-21H,4H2,1H3,(H2,14,15,16)/t6-,8-,9-,12-;7-,9-,10-,13-/m11/s1. The molecule has 4 aromatic heterocycles. The highest BCUT2D eigenvalue weighted by atomic mass is 16.6. The molecule has 0 radical (unpaired) electrons. The minimum Gasteiger partial charge on any atom is -0.478 e. The first-order valence-electron chi connectivity index (χ1n) is 13.6. The topological polar surface area (TPSA) is 308 Å². The first-order valence-corrected chi connectivity index (χ1v) is 13.6. The van der Waals surface area contributed by atoms with Crippen LogP contribution in [0.5, 0.6) is 0 Å². The predicted molar refractivity (Wildman–Crippen MR) is 152 cm³/mol. The fourth-order valence-electron chi connectivity index (χ4n) is 5.47. The number of carbonyl (C=O) groups excluding carboxylic acids is 1. The minimum absolute atomic E-state index is 0.00427. The Morgan fingerprint density at radius 2 is 1.24 bits per heavy atom. The number of aryl methyl sites for hydroxylation is 2. The Labute approximate surface area is 252 Å². The molecule has 4 aromatic rings. The van der Waals surface area contributed by atoms with Gasteiger partial charge in [-0.2, -0.15) is 0 Å². The summed E-state index contributed by atoms with van der Waals surface area (Å²) in [6.07, 6.45) is -5.93. The predicted octanol–water partition coefficient (Wildman–Crippen LogP) is -2.62. The van der Waals surface area contributed by atoms with Crippen molar-refractivity contribution in [1.29, 1.82) is 0 Å². The molecule has 0 unspecified atom stereocenters. The summed E-state index contributed by atoms with van der Waals surface area (Å²) >= 11 is 0. The van der Waals surface area contributed by atoms with Crippen molar-refractivity contribution in [3.63, 3.8) is 0 Å². The molecule has 6 rings (SSSR count). The summed E-state index contributed by atoms with van der Waals surface area (Å²) in [6, 6.07) is 0. The van der Waals surface area contributed by atoms with Gasteiger partial charge in [0.2, 0.25) is 0 Å². The lowest BCUT2D eigenvalue weighted by Crippen LogP contribution is -2.33. The van der Waals surface area contributed by atoms with E-state index >= 15 is 0 Å². The number of nitrogens with zero attached hydrogens (tertiary/aromatic N) is 6. The average molecular weight is 633 g/mol. The Morgan fingerprint density at radius 3 is 1.67 bits per heavy atom. The Hall–Kier alpha value is -4.34. The summed E-state index contributed by atoms with van der Waals surface area (Å²) in [5, 5.41) is 68.1. The zero-order chi connectivity index (χ0) is 32.9. The van der Waals surface area contributed by atoms with E-state index in [2.05, 4.69) is 19.9 Å². The fourth-order valence-corrected chi connectivity index (χ4v) is 5.47. The first-order chi connectivity index (χ1) is 21.3. The number of hydrogen-bond acceptors (Lipinski definition) is 16. The van der Waals surface area contributed by atoms with Gasteiger partial charge >= 0.3 is 5.97 Å². The zero-order valence-corrected chi connectivity index (χ0v) is 23.9. The van der Waals surface area contributed by atoms with Crippen LogP contribution in [0.1, 0.15) is 44.8 Å². The number of fused-ring (bicyclic) bond motifs is 2. The second kappa shape index (κ2) is 12.2. The maximum absolute atomic E-state index is 11.4. The molecule has 0 amide bonds. The molecule has 0 saturated carbocycles. The van der Waals surface area contributed by atoms with Gasteiger partial charge < -0.3 is 65.8 Å². The largest absolute Gasteiger partial charge is 0.478 e. The summed E-state index contributed by atoms with van der Waals surface area (Å²) < 4.78 is 13.6. The molecule has 19 nitrogen and oxygen atoms in total. The van der Waals surface area contributed by atoms with Gasteiger partial charge in [0, 0.05) is 18.0 Å². The quantitative estimate of drug-likeness (QED) is 0.0982. The maximum Gasteiger partial charge on any atom is 0.338 e. The highest BCUT2D eigenvalue weighted by Crippen LogP contribution is 2.36. The molecule has 0 spiro atoms. The van der Waals surface area contributed by atoms with Gasteiger partial charge in [-0.25, -0.2) is 24.7 Å². The van der Waals surface area contributed by atoms with Crippen molar-refractivity contribution in [2.45, 2.75) is 62.9 Å². The van der Waals surface area contributed by atoms with Crippen LogP contribution in [-0.4, -0.2) is 127 Å². The molecule has 45 heavy (non-hydrogen) atoms. The number of rotatable bonds is 6. The highest BCUT2D eigenvalue weighted by molar-refractivity contribution is 6.06. The molecule has 242 valence electrons. The van der Waals surface area contributed by atoms with Gasteiger partial charge in [-0.1, -0.05) is 0 Å². The molecule has 2 fully saturated rings. The normalized spacial score (nSPS) is 28.0. The maximum atomic E-state index is 11.4. The number of nitrogens with two attached hydrogens (primary N) is 2. The second-order valence-electron chi connectivity index (χ2n) is 10.5. The zero-order valence-electron chi connectivity index (χ0n) is 23.9. The third-order valence-electron chi connectivity index (χ3n) is 7.59. The van der Waals surface area contributed by atoms with Crippen molar-refractivity contribution >= 4 is 46.0 Å². The van der Waals surface area contributed by atoms with Gasteiger partial charge in [0.25, 0.3) is 0 Å². The van der Waals surface area contributed by atoms with Gasteiger partial charge in [-0.05, 0) is 13.8 Å². The number of hydrogen-bond donors (Lipinski definition) is 9. The molecule has 0 aromatic carbocycles. The Kier molecular flexibility index (Phi) is 8.70. The van der Waals surface area contributed by atoms with Crippen molar-refractivity contribution in [2.24, 2.45) is 0 Å². The van der Waals surface area contributed by atoms with E-state index in [4.69, 9.17) is 31.2 Å². The summed E-state index contributed by atoms with van der Waals surface area (Å²) in [4.78, 5) is 39.0. The molecule has 2 aliphatic rings. The van der Waals surface area contributed by atoms with Crippen LogP contribution in [0.25, 0.3) is 22.1 Å². The highest BCUT2D eigenvalue weighted by Gasteiger charge is 2.45. The molecule has 8 atom stereocenters. The van der Waals surface area contributed by atoms with E-state index in [1.165, 1.54) is 21.5 Å². The van der Waals surface area contributed by atoms with E-state index in [0.717, 1.165) is 0 Å². The van der Waals surface area contributed by atoms with E-state index in [1.54, 1.807) is 13.8 Å². The monoisotopic (exact) mass is 632 g/mol. The molecular formula is C26H32N8O11. The van der Waals surface area contributed by atoms with Crippen LogP contribution in [0.15, 0.2) is 12.4 Å². The third-order valence-corrected chi connectivity index (χ3v) is 7.59. The molecule has 2 saturated heterocycles. The molecular weight excluding hydrogens is 600 g/mol. The molecule has 2 aliphatic heterocycles. The smallest absolute Gasteiger partial charge is 0.338 e. The number of carboxylic acids is 1. The molecule has 6 heterocycles.